The number of rotatable bonds is 7. The number of nitro benzene ring substituents is 1. The number of carbonyl (C=O) groups is 1. The molecule has 0 saturated heterocycles. The Kier molecular flexibility index (Phi) is 5.83. The summed E-state index contributed by atoms with van der Waals surface area (Å²) in [6.45, 7) is 0. The van der Waals surface area contributed by atoms with Gasteiger partial charge in [-0.05, 0) is 24.3 Å². The molecule has 10 nitrogen and oxygen atoms in total. The van der Waals surface area contributed by atoms with Crippen LogP contribution in [0.2, 0.25) is 0 Å². The fraction of sp³-hybridized carbons (Fsp3) is 0.105. The van der Waals surface area contributed by atoms with E-state index in [0.29, 0.717) is 22.8 Å². The van der Waals surface area contributed by atoms with Gasteiger partial charge in [0.05, 0.1) is 35.0 Å². The Hall–Kier alpha value is -4.21. The van der Waals surface area contributed by atoms with Crippen LogP contribution < -0.4 is 20.7 Å². The molecule has 1 heterocycles. The van der Waals surface area contributed by atoms with Crippen molar-refractivity contribution >= 4 is 34.7 Å². The number of methoxy groups -OCH3 is 1. The number of nitrogens with one attached hydrogen (secondary N) is 3. The van der Waals surface area contributed by atoms with Crippen molar-refractivity contribution < 1.29 is 14.5 Å². The van der Waals surface area contributed by atoms with Crippen molar-refractivity contribution in [3.63, 3.8) is 0 Å². The molecule has 0 aliphatic carbocycles. The maximum absolute atomic E-state index is 12.0. The van der Waals surface area contributed by atoms with Crippen molar-refractivity contribution in [2.45, 2.75) is 0 Å². The first kappa shape index (κ1) is 19.5. The Morgan fingerprint density at radius 1 is 1.10 bits per heavy atom. The molecule has 0 fully saturated rings. The number of carbonyl (C=O) groups excluding carboxylic acids is 1. The third-order valence-electron chi connectivity index (χ3n) is 3.96. The normalized spacial score (nSPS) is 10.1. The smallest absolute Gasteiger partial charge is 0.273 e. The molecule has 0 bridgehead atoms. The highest BCUT2D eigenvalue weighted by molar-refractivity contribution is 6.00. The molecule has 3 rings (SSSR count). The van der Waals surface area contributed by atoms with Crippen LogP contribution in [0.4, 0.5) is 28.8 Å². The molecule has 0 aliphatic heterocycles. The van der Waals surface area contributed by atoms with Gasteiger partial charge in [-0.1, -0.05) is 12.1 Å². The molecule has 0 aliphatic rings. The highest BCUT2D eigenvalue weighted by atomic mass is 16.6. The molecule has 0 saturated carbocycles. The Labute approximate surface area is 166 Å². The van der Waals surface area contributed by atoms with Gasteiger partial charge in [-0.2, -0.15) is 4.98 Å². The number of aromatic nitrogens is 2. The largest absolute Gasteiger partial charge is 0.494 e. The van der Waals surface area contributed by atoms with Crippen LogP contribution in [0.3, 0.4) is 0 Å². The first-order valence-electron chi connectivity index (χ1n) is 8.52. The minimum absolute atomic E-state index is 0.0884. The van der Waals surface area contributed by atoms with E-state index in [2.05, 4.69) is 25.9 Å². The van der Waals surface area contributed by atoms with Crippen LogP contribution in [-0.2, 0) is 0 Å². The average Bonchev–Trinajstić information content (AvgIpc) is 2.74. The van der Waals surface area contributed by atoms with Gasteiger partial charge in [0, 0.05) is 19.3 Å². The van der Waals surface area contributed by atoms with Crippen LogP contribution in [0.1, 0.15) is 10.4 Å². The maximum atomic E-state index is 12.0. The second-order valence-electron chi connectivity index (χ2n) is 5.78. The first-order chi connectivity index (χ1) is 14.0. The van der Waals surface area contributed by atoms with Gasteiger partial charge in [-0.3, -0.25) is 14.9 Å². The maximum Gasteiger partial charge on any atom is 0.273 e. The van der Waals surface area contributed by atoms with Crippen LogP contribution in [0, 0.1) is 10.1 Å². The Morgan fingerprint density at radius 2 is 1.90 bits per heavy atom. The van der Waals surface area contributed by atoms with Gasteiger partial charge in [-0.25, -0.2) is 4.98 Å². The van der Waals surface area contributed by atoms with Gasteiger partial charge in [0.2, 0.25) is 5.95 Å². The summed E-state index contributed by atoms with van der Waals surface area (Å²) in [5.41, 5.74) is 1.44. The zero-order valence-electron chi connectivity index (χ0n) is 15.7. The van der Waals surface area contributed by atoms with Crippen molar-refractivity contribution in [3.05, 3.63) is 70.4 Å². The van der Waals surface area contributed by atoms with E-state index >= 15 is 0 Å². The molecule has 1 amide bonds. The van der Waals surface area contributed by atoms with Gasteiger partial charge in [-0.15, -0.1) is 0 Å². The second kappa shape index (κ2) is 8.65. The number of non-ortho nitro benzene ring substituents is 1. The fourth-order valence-electron chi connectivity index (χ4n) is 2.57. The van der Waals surface area contributed by atoms with Crippen LogP contribution in [0.25, 0.3) is 0 Å². The van der Waals surface area contributed by atoms with Crippen molar-refractivity contribution in [3.8, 4) is 5.75 Å². The lowest BCUT2D eigenvalue weighted by atomic mass is 10.1. The summed E-state index contributed by atoms with van der Waals surface area (Å²) in [7, 11) is 2.97. The number of amides is 1. The summed E-state index contributed by atoms with van der Waals surface area (Å²) < 4.78 is 5.21. The number of ether oxygens (including phenoxy) is 1. The number of nitro groups is 1. The summed E-state index contributed by atoms with van der Waals surface area (Å²) in [6, 6.07) is 12.9. The topological polar surface area (TPSA) is 131 Å². The molecule has 0 radical (unpaired) electrons. The van der Waals surface area contributed by atoms with Crippen molar-refractivity contribution in [2.75, 3.05) is 24.8 Å². The highest BCUT2D eigenvalue weighted by Gasteiger charge is 2.13. The molecular weight excluding hydrogens is 376 g/mol. The molecule has 0 spiro atoms. The molecular formula is C19H18N6O4. The molecule has 0 atom stereocenters. The molecule has 3 aromatic rings. The van der Waals surface area contributed by atoms with E-state index in [-0.39, 0.29) is 23.3 Å². The van der Waals surface area contributed by atoms with Gasteiger partial charge < -0.3 is 20.7 Å². The number of nitrogens with zero attached hydrogens (tertiary/aromatic N) is 3. The molecule has 0 unspecified atom stereocenters. The number of hydrogen-bond acceptors (Lipinski definition) is 8. The summed E-state index contributed by atoms with van der Waals surface area (Å²) in [6.07, 6.45) is 1.54. The van der Waals surface area contributed by atoms with E-state index in [1.807, 2.05) is 0 Å². The van der Waals surface area contributed by atoms with Gasteiger partial charge in [0.1, 0.15) is 11.6 Å². The van der Waals surface area contributed by atoms with Crippen molar-refractivity contribution in [1.82, 2.24) is 15.3 Å². The van der Waals surface area contributed by atoms with Crippen LogP contribution in [0.5, 0.6) is 5.75 Å². The first-order valence-corrected chi connectivity index (χ1v) is 8.52. The van der Waals surface area contributed by atoms with Crippen LogP contribution >= 0.6 is 0 Å². The standard InChI is InChI=1S/C19H18N6O4/c1-20-18(26)13-5-3-4-6-14(13)22-17-9-10-21-19(24-17)23-15-8-7-12(25(27)28)11-16(15)29-2/h3-11H,1-2H3,(H,20,26)(H2,21,22,23,24). The summed E-state index contributed by atoms with van der Waals surface area (Å²) in [4.78, 5) is 31.0. The van der Waals surface area contributed by atoms with E-state index in [4.69, 9.17) is 4.74 Å². The van der Waals surface area contributed by atoms with Gasteiger partial charge in [0.15, 0.2) is 0 Å². The van der Waals surface area contributed by atoms with E-state index in [9.17, 15) is 14.9 Å². The number of hydrogen-bond donors (Lipinski definition) is 3. The predicted octanol–water partition coefficient (Wildman–Crippen LogP) is 3.24. The Bertz CT molecular complexity index is 1060. The Balaban J connectivity index is 1.84. The van der Waals surface area contributed by atoms with Gasteiger partial charge >= 0.3 is 0 Å². The minimum atomic E-state index is -0.503. The number of anilines is 4. The zero-order chi connectivity index (χ0) is 20.8. The highest BCUT2D eigenvalue weighted by Crippen LogP contribution is 2.31. The van der Waals surface area contributed by atoms with E-state index in [1.165, 1.54) is 31.5 Å². The lowest BCUT2D eigenvalue weighted by molar-refractivity contribution is -0.384. The quantitative estimate of drug-likeness (QED) is 0.411. The fourth-order valence-corrected chi connectivity index (χ4v) is 2.57. The van der Waals surface area contributed by atoms with E-state index in [0.717, 1.165) is 0 Å². The second-order valence-corrected chi connectivity index (χ2v) is 5.78. The molecule has 148 valence electrons. The Morgan fingerprint density at radius 3 is 2.62 bits per heavy atom. The summed E-state index contributed by atoms with van der Waals surface area (Å²) in [5.74, 6) is 0.765. The SMILES string of the molecule is CNC(=O)c1ccccc1Nc1ccnc(Nc2ccc([N+](=O)[O-])cc2OC)n1. The van der Waals surface area contributed by atoms with Crippen LogP contribution in [-0.4, -0.2) is 35.0 Å². The average molecular weight is 394 g/mol. The molecule has 29 heavy (non-hydrogen) atoms. The third-order valence-corrected chi connectivity index (χ3v) is 3.96. The van der Waals surface area contributed by atoms with Gasteiger partial charge in [0.25, 0.3) is 11.6 Å². The monoisotopic (exact) mass is 394 g/mol. The summed E-state index contributed by atoms with van der Waals surface area (Å²) >= 11 is 0. The molecule has 10 heteroatoms. The van der Waals surface area contributed by atoms with Crippen LogP contribution in [0.15, 0.2) is 54.7 Å². The van der Waals surface area contributed by atoms with Crippen molar-refractivity contribution in [1.29, 1.82) is 0 Å². The number of para-hydroxylation sites is 1. The molecule has 3 N–H and O–H groups in total. The molecule has 2 aromatic carbocycles. The number of benzene rings is 2. The lowest BCUT2D eigenvalue weighted by Crippen LogP contribution is -2.19. The zero-order valence-corrected chi connectivity index (χ0v) is 15.7. The van der Waals surface area contributed by atoms with Crippen molar-refractivity contribution in [2.24, 2.45) is 0 Å². The molecule has 1 aromatic heterocycles. The van der Waals surface area contributed by atoms with E-state index < -0.39 is 4.92 Å². The van der Waals surface area contributed by atoms with E-state index in [1.54, 1.807) is 37.4 Å². The third kappa shape index (κ3) is 4.56. The minimum Gasteiger partial charge on any atom is -0.494 e. The summed E-state index contributed by atoms with van der Waals surface area (Å²) in [5, 5.41) is 19.6. The lowest BCUT2D eigenvalue weighted by Gasteiger charge is -2.12. The predicted molar refractivity (Wildman–Crippen MR) is 108 cm³/mol.